The molecule has 9 heteroatoms. The number of halogens is 1. The molecule has 2 atom stereocenters. The number of hydrogen-bond acceptors (Lipinski definition) is 6. The largest absolute Gasteiger partial charge is 0.467 e. The third-order valence-electron chi connectivity index (χ3n) is 4.27. The first kappa shape index (κ1) is 24.6. The Bertz CT molecular complexity index is 877. The van der Waals surface area contributed by atoms with Crippen LogP contribution in [-0.4, -0.2) is 48.9 Å². The normalized spacial score (nSPS) is 12.4. The maximum atomic E-state index is 12.3. The molecule has 0 aromatic heterocycles. The lowest BCUT2D eigenvalue weighted by atomic mass is 10.1. The molecule has 2 amide bonds. The van der Waals surface area contributed by atoms with Crippen molar-refractivity contribution in [2.75, 3.05) is 13.7 Å². The number of ether oxygens (including phenoxy) is 2. The van der Waals surface area contributed by atoms with Gasteiger partial charge in [-0.05, 0) is 45.9 Å². The molecule has 2 rings (SSSR count). The van der Waals surface area contributed by atoms with Gasteiger partial charge in [-0.1, -0.05) is 42.5 Å². The molecule has 0 spiro atoms. The van der Waals surface area contributed by atoms with Gasteiger partial charge in [0.2, 0.25) is 5.91 Å². The number of methoxy groups -OCH3 is 1. The molecule has 0 unspecified atom stereocenters. The highest BCUT2D eigenvalue weighted by Gasteiger charge is 2.23. The second-order valence-electron chi connectivity index (χ2n) is 6.78. The Labute approximate surface area is 194 Å². The van der Waals surface area contributed by atoms with Gasteiger partial charge in [0.1, 0.15) is 12.6 Å². The molecule has 2 aromatic carbocycles. The number of hydrogen-bond donors (Lipinski definition) is 3. The molecule has 31 heavy (non-hydrogen) atoms. The third-order valence-corrected chi connectivity index (χ3v) is 4.94. The standard InChI is InChI=1S/C22H25IN2O6/c1-30-21(28)19(11-16-8-5-9-17(23)10-16)25-20(27)12-18(26)13-24-22(29)31-14-15-6-3-2-4-7-15/h2-10,18-19,26H,11-14H2,1H3,(H,24,29)(H,25,27)/t18-,19+/m1/s1. The first-order valence-corrected chi connectivity index (χ1v) is 10.7. The molecule has 0 fully saturated rings. The minimum absolute atomic E-state index is 0.0997. The average molecular weight is 540 g/mol. The van der Waals surface area contributed by atoms with Gasteiger partial charge >= 0.3 is 12.1 Å². The lowest BCUT2D eigenvalue weighted by Gasteiger charge is -2.18. The fourth-order valence-corrected chi connectivity index (χ4v) is 3.36. The Morgan fingerprint density at radius 3 is 2.45 bits per heavy atom. The summed E-state index contributed by atoms with van der Waals surface area (Å²) < 4.78 is 10.8. The van der Waals surface area contributed by atoms with Crippen LogP contribution in [-0.2, 0) is 32.1 Å². The number of rotatable bonds is 10. The van der Waals surface area contributed by atoms with Gasteiger partial charge in [0.25, 0.3) is 0 Å². The van der Waals surface area contributed by atoms with Crippen molar-refractivity contribution >= 4 is 40.6 Å². The monoisotopic (exact) mass is 540 g/mol. The maximum Gasteiger partial charge on any atom is 0.407 e. The molecule has 166 valence electrons. The van der Waals surface area contributed by atoms with E-state index in [1.54, 1.807) is 0 Å². The molecule has 0 aliphatic carbocycles. The van der Waals surface area contributed by atoms with E-state index in [0.29, 0.717) is 0 Å². The van der Waals surface area contributed by atoms with Gasteiger partial charge in [0.15, 0.2) is 0 Å². The topological polar surface area (TPSA) is 114 Å². The van der Waals surface area contributed by atoms with E-state index in [1.165, 1.54) is 7.11 Å². The Morgan fingerprint density at radius 2 is 1.77 bits per heavy atom. The highest BCUT2D eigenvalue weighted by atomic mass is 127. The number of amides is 2. The van der Waals surface area contributed by atoms with Gasteiger partial charge in [0, 0.05) is 16.5 Å². The molecular formula is C22H25IN2O6. The van der Waals surface area contributed by atoms with Crippen molar-refractivity contribution in [3.8, 4) is 0 Å². The Kier molecular flexibility index (Phi) is 10.2. The summed E-state index contributed by atoms with van der Waals surface area (Å²) in [6.07, 6.45) is -1.87. The van der Waals surface area contributed by atoms with Gasteiger partial charge in [-0.3, -0.25) is 4.79 Å². The third kappa shape index (κ3) is 9.35. The van der Waals surface area contributed by atoms with E-state index in [2.05, 4.69) is 33.2 Å². The molecule has 8 nitrogen and oxygen atoms in total. The van der Waals surface area contributed by atoms with Crippen LogP contribution in [0.15, 0.2) is 54.6 Å². The summed E-state index contributed by atoms with van der Waals surface area (Å²) in [6.45, 7) is -0.0662. The number of carbonyl (C=O) groups is 3. The zero-order chi connectivity index (χ0) is 22.6. The van der Waals surface area contributed by atoms with Crippen LogP contribution in [0.25, 0.3) is 0 Å². The molecule has 2 aromatic rings. The van der Waals surface area contributed by atoms with Crippen LogP contribution in [0.5, 0.6) is 0 Å². The summed E-state index contributed by atoms with van der Waals surface area (Å²) in [7, 11) is 1.25. The quantitative estimate of drug-likeness (QED) is 0.315. The average Bonchev–Trinajstić information content (AvgIpc) is 2.76. The maximum absolute atomic E-state index is 12.3. The van der Waals surface area contributed by atoms with Crippen molar-refractivity contribution in [2.45, 2.75) is 31.6 Å². The van der Waals surface area contributed by atoms with E-state index < -0.39 is 30.1 Å². The highest BCUT2D eigenvalue weighted by Crippen LogP contribution is 2.11. The van der Waals surface area contributed by atoms with Crippen LogP contribution in [0.1, 0.15) is 17.5 Å². The molecule has 0 saturated carbocycles. The molecule has 3 N–H and O–H groups in total. The predicted octanol–water partition coefficient (Wildman–Crippen LogP) is 2.17. The van der Waals surface area contributed by atoms with Crippen LogP contribution in [0.2, 0.25) is 0 Å². The summed E-state index contributed by atoms with van der Waals surface area (Å²) in [5.41, 5.74) is 1.70. The van der Waals surface area contributed by atoms with Crippen LogP contribution < -0.4 is 10.6 Å². The van der Waals surface area contributed by atoms with E-state index in [-0.39, 0.29) is 26.0 Å². The smallest absolute Gasteiger partial charge is 0.407 e. The van der Waals surface area contributed by atoms with Gasteiger partial charge in [0.05, 0.1) is 19.6 Å². The Balaban J connectivity index is 1.77. The lowest BCUT2D eigenvalue weighted by Crippen LogP contribution is -2.45. The van der Waals surface area contributed by atoms with Gasteiger partial charge in [-0.15, -0.1) is 0 Å². The minimum atomic E-state index is -1.14. The van der Waals surface area contributed by atoms with E-state index in [1.807, 2.05) is 54.6 Å². The molecule has 0 saturated heterocycles. The SMILES string of the molecule is COC(=O)[C@H](Cc1cccc(I)c1)NC(=O)C[C@@H](O)CNC(=O)OCc1ccccc1. The first-order valence-electron chi connectivity index (χ1n) is 9.61. The summed E-state index contributed by atoms with van der Waals surface area (Å²) >= 11 is 2.16. The Hall–Kier alpha value is -2.66. The molecule has 0 bridgehead atoms. The van der Waals surface area contributed by atoms with E-state index in [4.69, 9.17) is 9.47 Å². The second kappa shape index (κ2) is 12.9. The van der Waals surface area contributed by atoms with Crippen LogP contribution in [0.4, 0.5) is 4.79 Å². The number of nitrogens with one attached hydrogen (secondary N) is 2. The van der Waals surface area contributed by atoms with Crippen LogP contribution in [0.3, 0.4) is 0 Å². The number of benzene rings is 2. The summed E-state index contributed by atoms with van der Waals surface area (Å²) in [4.78, 5) is 36.1. The predicted molar refractivity (Wildman–Crippen MR) is 122 cm³/mol. The zero-order valence-corrected chi connectivity index (χ0v) is 19.2. The number of carbonyl (C=O) groups excluding carboxylic acids is 3. The van der Waals surface area contributed by atoms with E-state index >= 15 is 0 Å². The summed E-state index contributed by atoms with van der Waals surface area (Å²) in [6, 6.07) is 15.8. The van der Waals surface area contributed by atoms with Crippen molar-refractivity contribution in [3.05, 3.63) is 69.3 Å². The summed E-state index contributed by atoms with van der Waals surface area (Å²) in [5.74, 6) is -1.11. The van der Waals surface area contributed by atoms with Crippen molar-refractivity contribution in [2.24, 2.45) is 0 Å². The lowest BCUT2D eigenvalue weighted by molar-refractivity contribution is -0.145. The molecule has 0 radical (unpaired) electrons. The van der Waals surface area contributed by atoms with Crippen molar-refractivity contribution in [1.29, 1.82) is 0 Å². The Morgan fingerprint density at radius 1 is 1.06 bits per heavy atom. The molecule has 0 aliphatic rings. The fourth-order valence-electron chi connectivity index (χ4n) is 2.75. The highest BCUT2D eigenvalue weighted by molar-refractivity contribution is 14.1. The molecule has 0 heterocycles. The zero-order valence-electron chi connectivity index (χ0n) is 17.0. The van der Waals surface area contributed by atoms with Crippen LogP contribution in [0, 0.1) is 3.57 Å². The summed E-state index contributed by atoms with van der Waals surface area (Å²) in [5, 5.41) is 15.0. The number of aliphatic hydroxyl groups is 1. The van der Waals surface area contributed by atoms with Crippen molar-refractivity contribution < 1.29 is 29.0 Å². The van der Waals surface area contributed by atoms with E-state index in [9.17, 15) is 19.5 Å². The fraction of sp³-hybridized carbons (Fsp3) is 0.318. The molecular weight excluding hydrogens is 515 g/mol. The van der Waals surface area contributed by atoms with Crippen molar-refractivity contribution in [1.82, 2.24) is 10.6 Å². The van der Waals surface area contributed by atoms with Gasteiger partial charge in [-0.2, -0.15) is 0 Å². The second-order valence-corrected chi connectivity index (χ2v) is 8.02. The number of alkyl carbamates (subject to hydrolysis) is 1. The minimum Gasteiger partial charge on any atom is -0.467 e. The number of esters is 1. The van der Waals surface area contributed by atoms with Crippen molar-refractivity contribution in [3.63, 3.8) is 0 Å². The number of aliphatic hydroxyl groups excluding tert-OH is 1. The van der Waals surface area contributed by atoms with Crippen LogP contribution >= 0.6 is 22.6 Å². The molecule has 0 aliphatic heterocycles. The van der Waals surface area contributed by atoms with Gasteiger partial charge < -0.3 is 25.2 Å². The van der Waals surface area contributed by atoms with Gasteiger partial charge in [-0.25, -0.2) is 9.59 Å². The van der Waals surface area contributed by atoms with E-state index in [0.717, 1.165) is 14.7 Å². The first-order chi connectivity index (χ1) is 14.9.